The molecule has 1 aliphatic heterocycles. The minimum absolute atomic E-state index is 0.0859. The van der Waals surface area contributed by atoms with Crippen molar-refractivity contribution in [2.24, 2.45) is 10.7 Å². The molecule has 1 heterocycles. The van der Waals surface area contributed by atoms with Crippen molar-refractivity contribution in [3.63, 3.8) is 0 Å². The molecule has 21 heavy (non-hydrogen) atoms. The lowest BCUT2D eigenvalue weighted by molar-refractivity contribution is -0.187. The van der Waals surface area contributed by atoms with E-state index in [1.165, 1.54) is 12.1 Å². The second kappa shape index (κ2) is 4.60. The van der Waals surface area contributed by atoms with Crippen molar-refractivity contribution in [1.29, 1.82) is 0 Å². The van der Waals surface area contributed by atoms with E-state index in [9.17, 15) is 13.2 Å². The van der Waals surface area contributed by atoms with Crippen LogP contribution in [0.3, 0.4) is 0 Å². The normalized spacial score (nSPS) is 21.2. The van der Waals surface area contributed by atoms with Crippen molar-refractivity contribution < 1.29 is 13.2 Å². The summed E-state index contributed by atoms with van der Waals surface area (Å²) in [5, 5.41) is 2.91. The highest BCUT2D eigenvalue weighted by atomic mass is 19.4. The van der Waals surface area contributed by atoms with Gasteiger partial charge in [-0.25, -0.2) is 4.99 Å². The van der Waals surface area contributed by atoms with Gasteiger partial charge in [-0.3, -0.25) is 5.73 Å². The molecule has 0 fully saturated rings. The molecule has 0 aromatic heterocycles. The molecule has 0 radical (unpaired) electrons. The van der Waals surface area contributed by atoms with Gasteiger partial charge in [-0.15, -0.1) is 0 Å². The predicted octanol–water partition coefficient (Wildman–Crippen LogP) is 3.23. The quantitative estimate of drug-likeness (QED) is 0.847. The van der Waals surface area contributed by atoms with Crippen LogP contribution in [-0.4, -0.2) is 12.0 Å². The van der Waals surface area contributed by atoms with Gasteiger partial charge in [0.25, 0.3) is 0 Å². The summed E-state index contributed by atoms with van der Waals surface area (Å²) in [6.07, 6.45) is -4.69. The van der Waals surface area contributed by atoms with Crippen molar-refractivity contribution in [2.45, 2.75) is 11.8 Å². The summed E-state index contributed by atoms with van der Waals surface area (Å²) >= 11 is 0. The SMILES string of the molecule is NC1(C(F)(F)F)N=C(c2ccccc2)Nc2ccccc21. The second-order valence-corrected chi connectivity index (χ2v) is 4.76. The number of hydrogen-bond acceptors (Lipinski definition) is 3. The topological polar surface area (TPSA) is 50.4 Å². The Kier molecular flexibility index (Phi) is 2.98. The van der Waals surface area contributed by atoms with Gasteiger partial charge in [-0.2, -0.15) is 13.2 Å². The minimum Gasteiger partial charge on any atom is -0.340 e. The Balaban J connectivity index is 2.19. The molecule has 3 rings (SSSR count). The molecule has 3 nitrogen and oxygen atoms in total. The van der Waals surface area contributed by atoms with Gasteiger partial charge >= 0.3 is 6.18 Å². The molecule has 0 amide bonds. The summed E-state index contributed by atoms with van der Waals surface area (Å²) in [6.45, 7) is 0. The van der Waals surface area contributed by atoms with Crippen molar-refractivity contribution in [3.8, 4) is 0 Å². The fraction of sp³-hybridized carbons (Fsp3) is 0.133. The first-order valence-electron chi connectivity index (χ1n) is 6.29. The summed E-state index contributed by atoms with van der Waals surface area (Å²) in [5.41, 5.74) is 3.65. The third-order valence-corrected chi connectivity index (χ3v) is 3.36. The lowest BCUT2D eigenvalue weighted by Gasteiger charge is -2.34. The first-order valence-corrected chi connectivity index (χ1v) is 6.29. The third kappa shape index (κ3) is 2.17. The molecule has 1 unspecified atom stereocenters. The lowest BCUT2D eigenvalue weighted by Crippen LogP contribution is -2.52. The number of nitrogens with two attached hydrogens (primary N) is 1. The molecular formula is C15H12F3N3. The van der Waals surface area contributed by atoms with Crippen LogP contribution >= 0.6 is 0 Å². The average molecular weight is 291 g/mol. The number of amidine groups is 1. The summed E-state index contributed by atoms with van der Waals surface area (Å²) < 4.78 is 40.3. The zero-order valence-electron chi connectivity index (χ0n) is 10.9. The molecule has 2 aromatic rings. The molecule has 0 saturated heterocycles. The van der Waals surface area contributed by atoms with Crippen LogP contribution in [0.1, 0.15) is 11.1 Å². The summed E-state index contributed by atoms with van der Waals surface area (Å²) in [5.74, 6) is 0.106. The Morgan fingerprint density at radius 2 is 1.57 bits per heavy atom. The number of benzene rings is 2. The maximum Gasteiger partial charge on any atom is 0.431 e. The molecule has 108 valence electrons. The summed E-state index contributed by atoms with van der Waals surface area (Å²) in [6, 6.07) is 14.6. The molecule has 0 saturated carbocycles. The van der Waals surface area contributed by atoms with Gasteiger partial charge in [0, 0.05) is 16.8 Å². The zero-order chi connectivity index (χ0) is 15.1. The van der Waals surface area contributed by atoms with Gasteiger partial charge in [0.2, 0.25) is 5.66 Å². The van der Waals surface area contributed by atoms with E-state index in [2.05, 4.69) is 10.3 Å². The van der Waals surface area contributed by atoms with E-state index >= 15 is 0 Å². The Bertz CT molecular complexity index is 695. The van der Waals surface area contributed by atoms with Crippen LogP contribution in [0.4, 0.5) is 18.9 Å². The highest BCUT2D eigenvalue weighted by Gasteiger charge is 2.56. The Labute approximate surface area is 119 Å². The molecule has 2 aromatic carbocycles. The van der Waals surface area contributed by atoms with Crippen LogP contribution in [0, 0.1) is 0 Å². The number of para-hydroxylation sites is 1. The number of hydrogen-bond donors (Lipinski definition) is 2. The second-order valence-electron chi connectivity index (χ2n) is 4.76. The van der Waals surface area contributed by atoms with E-state index in [4.69, 9.17) is 5.73 Å². The molecule has 6 heteroatoms. The van der Waals surface area contributed by atoms with Crippen LogP contribution in [-0.2, 0) is 5.66 Å². The molecular weight excluding hydrogens is 279 g/mol. The van der Waals surface area contributed by atoms with Gasteiger partial charge in [0.1, 0.15) is 5.84 Å². The Morgan fingerprint density at radius 1 is 0.952 bits per heavy atom. The van der Waals surface area contributed by atoms with Crippen molar-refractivity contribution in [2.75, 3.05) is 5.32 Å². The number of halogens is 3. The number of nitrogens with zero attached hydrogens (tertiary/aromatic N) is 1. The number of anilines is 1. The van der Waals surface area contributed by atoms with E-state index in [-0.39, 0.29) is 11.4 Å². The molecule has 0 bridgehead atoms. The smallest absolute Gasteiger partial charge is 0.340 e. The Morgan fingerprint density at radius 3 is 2.24 bits per heavy atom. The van der Waals surface area contributed by atoms with Gasteiger partial charge in [-0.1, -0.05) is 48.5 Å². The molecule has 0 spiro atoms. The van der Waals surface area contributed by atoms with Gasteiger partial charge in [0.05, 0.1) is 0 Å². The number of nitrogens with one attached hydrogen (secondary N) is 1. The maximum atomic E-state index is 13.4. The molecule has 3 N–H and O–H groups in total. The first kappa shape index (κ1) is 13.6. The number of aliphatic imine (C=N–C) groups is 1. The van der Waals surface area contributed by atoms with Gasteiger partial charge in [0.15, 0.2) is 0 Å². The van der Waals surface area contributed by atoms with Crippen LogP contribution < -0.4 is 11.1 Å². The molecule has 1 atom stereocenters. The molecule has 1 aliphatic rings. The minimum atomic E-state index is -4.69. The summed E-state index contributed by atoms with van der Waals surface area (Å²) in [7, 11) is 0. The standard InChI is InChI=1S/C15H12F3N3/c16-15(17,18)14(19)11-8-4-5-9-12(11)20-13(21-14)10-6-2-1-3-7-10/h1-9H,19H2,(H,20,21). The highest BCUT2D eigenvalue weighted by Crippen LogP contribution is 2.43. The number of rotatable bonds is 1. The Hall–Kier alpha value is -2.34. The highest BCUT2D eigenvalue weighted by molar-refractivity contribution is 6.10. The van der Waals surface area contributed by atoms with Crippen LogP contribution in [0.2, 0.25) is 0 Å². The van der Waals surface area contributed by atoms with Crippen LogP contribution in [0.25, 0.3) is 0 Å². The van der Waals surface area contributed by atoms with Crippen LogP contribution in [0.15, 0.2) is 59.6 Å². The fourth-order valence-electron chi connectivity index (χ4n) is 2.27. The lowest BCUT2D eigenvalue weighted by atomic mass is 9.95. The fourth-order valence-corrected chi connectivity index (χ4v) is 2.27. The van der Waals surface area contributed by atoms with E-state index in [0.29, 0.717) is 11.3 Å². The predicted molar refractivity (Wildman–Crippen MR) is 75.0 cm³/mol. The van der Waals surface area contributed by atoms with E-state index in [1.54, 1.807) is 42.5 Å². The summed E-state index contributed by atoms with van der Waals surface area (Å²) in [4.78, 5) is 3.75. The third-order valence-electron chi connectivity index (χ3n) is 3.36. The first-order chi connectivity index (χ1) is 9.92. The monoisotopic (exact) mass is 291 g/mol. The van der Waals surface area contributed by atoms with E-state index in [1.807, 2.05) is 0 Å². The van der Waals surface area contributed by atoms with Crippen molar-refractivity contribution in [1.82, 2.24) is 0 Å². The van der Waals surface area contributed by atoms with Gasteiger partial charge < -0.3 is 5.32 Å². The van der Waals surface area contributed by atoms with Gasteiger partial charge in [-0.05, 0) is 6.07 Å². The number of alkyl halides is 3. The number of fused-ring (bicyclic) bond motifs is 1. The average Bonchev–Trinajstić information content (AvgIpc) is 2.47. The van der Waals surface area contributed by atoms with E-state index < -0.39 is 11.8 Å². The van der Waals surface area contributed by atoms with Crippen molar-refractivity contribution >= 4 is 11.5 Å². The van der Waals surface area contributed by atoms with E-state index in [0.717, 1.165) is 0 Å². The van der Waals surface area contributed by atoms with Crippen LogP contribution in [0.5, 0.6) is 0 Å². The maximum absolute atomic E-state index is 13.4. The zero-order valence-corrected chi connectivity index (χ0v) is 10.9. The largest absolute Gasteiger partial charge is 0.431 e. The molecule has 0 aliphatic carbocycles. The van der Waals surface area contributed by atoms with Crippen molar-refractivity contribution in [3.05, 3.63) is 65.7 Å².